The molecule has 19 heavy (non-hydrogen) atoms. The molecule has 0 bridgehead atoms. The highest BCUT2D eigenvalue weighted by Gasteiger charge is 2.18. The van der Waals surface area contributed by atoms with E-state index in [0.29, 0.717) is 5.69 Å². The summed E-state index contributed by atoms with van der Waals surface area (Å²) < 4.78 is 11.5. The van der Waals surface area contributed by atoms with Crippen LogP contribution in [0.5, 0.6) is 0 Å². The summed E-state index contributed by atoms with van der Waals surface area (Å²) >= 11 is 0. The number of nitrogens with zero attached hydrogens (tertiary/aromatic N) is 2. The lowest BCUT2D eigenvalue weighted by Gasteiger charge is -2.19. The maximum atomic E-state index is 11.7. The summed E-state index contributed by atoms with van der Waals surface area (Å²) in [4.78, 5) is 27.0. The lowest BCUT2D eigenvalue weighted by atomic mass is 10.2. The van der Waals surface area contributed by atoms with Crippen LogP contribution in [0.2, 0.25) is 0 Å². The molecule has 0 saturated carbocycles. The summed E-state index contributed by atoms with van der Waals surface area (Å²) in [5.74, 6) is -0.691. The van der Waals surface area contributed by atoms with Gasteiger partial charge in [0.15, 0.2) is 0 Å². The average molecular weight is 268 g/mol. The van der Waals surface area contributed by atoms with Crippen LogP contribution in [0.15, 0.2) is 6.33 Å². The average Bonchev–Trinajstić information content (AvgIpc) is 2.59. The lowest BCUT2D eigenvalue weighted by molar-refractivity contribution is -0.155. The van der Waals surface area contributed by atoms with Crippen molar-refractivity contribution in [3.63, 3.8) is 0 Å². The molecule has 1 aromatic rings. The standard InChI is InChI=1S/C13H20N2O4/c1-9-10(6-11(16)18-5)14-8-15(9)7-12(17)19-13(2,3)4/h8H,6-7H2,1-5H3. The third-order valence-corrected chi connectivity index (χ3v) is 2.46. The molecule has 0 atom stereocenters. The first-order valence-electron chi connectivity index (χ1n) is 6.02. The van der Waals surface area contributed by atoms with Gasteiger partial charge in [-0.15, -0.1) is 0 Å². The molecular formula is C13H20N2O4. The fourth-order valence-electron chi connectivity index (χ4n) is 1.54. The van der Waals surface area contributed by atoms with E-state index in [1.165, 1.54) is 13.4 Å². The van der Waals surface area contributed by atoms with Gasteiger partial charge < -0.3 is 14.0 Å². The Labute approximate surface area is 112 Å². The van der Waals surface area contributed by atoms with Gasteiger partial charge in [0.1, 0.15) is 12.1 Å². The molecule has 0 unspecified atom stereocenters. The third kappa shape index (κ3) is 4.73. The number of methoxy groups -OCH3 is 1. The van der Waals surface area contributed by atoms with Gasteiger partial charge in [-0.05, 0) is 27.7 Å². The Morgan fingerprint density at radius 1 is 1.32 bits per heavy atom. The predicted molar refractivity (Wildman–Crippen MR) is 68.5 cm³/mol. The van der Waals surface area contributed by atoms with Crippen molar-refractivity contribution in [1.29, 1.82) is 0 Å². The van der Waals surface area contributed by atoms with Crippen LogP contribution in [0.4, 0.5) is 0 Å². The number of ether oxygens (including phenoxy) is 2. The number of esters is 2. The van der Waals surface area contributed by atoms with Gasteiger partial charge in [0.05, 0.1) is 25.6 Å². The largest absolute Gasteiger partial charge is 0.469 e. The molecule has 0 aliphatic carbocycles. The molecular weight excluding hydrogens is 248 g/mol. The van der Waals surface area contributed by atoms with Crippen LogP contribution in [0.25, 0.3) is 0 Å². The Morgan fingerprint density at radius 3 is 2.47 bits per heavy atom. The van der Waals surface area contributed by atoms with Crippen LogP contribution in [-0.2, 0) is 32.0 Å². The molecule has 0 fully saturated rings. The SMILES string of the molecule is COC(=O)Cc1ncn(CC(=O)OC(C)(C)C)c1C. The van der Waals surface area contributed by atoms with E-state index in [0.717, 1.165) is 5.69 Å². The minimum absolute atomic E-state index is 0.0806. The van der Waals surface area contributed by atoms with Gasteiger partial charge in [0.25, 0.3) is 0 Å². The van der Waals surface area contributed by atoms with Crippen molar-refractivity contribution in [2.45, 2.75) is 46.3 Å². The van der Waals surface area contributed by atoms with Gasteiger partial charge in [-0.2, -0.15) is 0 Å². The Balaban J connectivity index is 2.70. The molecule has 6 heteroatoms. The van der Waals surface area contributed by atoms with E-state index in [1.54, 1.807) is 11.5 Å². The Bertz CT molecular complexity index is 471. The van der Waals surface area contributed by atoms with Crippen LogP contribution in [-0.4, -0.2) is 34.2 Å². The fourth-order valence-corrected chi connectivity index (χ4v) is 1.54. The maximum absolute atomic E-state index is 11.7. The van der Waals surface area contributed by atoms with Crippen LogP contribution in [0.3, 0.4) is 0 Å². The van der Waals surface area contributed by atoms with E-state index >= 15 is 0 Å². The van der Waals surface area contributed by atoms with Crippen molar-refractivity contribution in [2.24, 2.45) is 0 Å². The van der Waals surface area contributed by atoms with Crippen molar-refractivity contribution >= 4 is 11.9 Å². The maximum Gasteiger partial charge on any atom is 0.326 e. The Kier molecular flexibility index (Phi) is 4.69. The van der Waals surface area contributed by atoms with E-state index < -0.39 is 5.60 Å². The van der Waals surface area contributed by atoms with Crippen molar-refractivity contribution < 1.29 is 19.1 Å². The molecule has 0 aromatic carbocycles. The predicted octanol–water partition coefficient (Wildman–Crippen LogP) is 1.25. The first kappa shape index (κ1) is 15.2. The minimum Gasteiger partial charge on any atom is -0.469 e. The number of rotatable bonds is 4. The topological polar surface area (TPSA) is 70.4 Å². The number of aromatic nitrogens is 2. The minimum atomic E-state index is -0.513. The third-order valence-electron chi connectivity index (χ3n) is 2.46. The quantitative estimate of drug-likeness (QED) is 0.769. The second-order valence-corrected chi connectivity index (χ2v) is 5.24. The first-order valence-corrected chi connectivity index (χ1v) is 6.02. The molecule has 0 aliphatic heterocycles. The van der Waals surface area contributed by atoms with Crippen molar-refractivity contribution in [2.75, 3.05) is 7.11 Å². The molecule has 1 aromatic heterocycles. The summed E-state index contributed by atoms with van der Waals surface area (Å²) in [6.07, 6.45) is 1.63. The van der Waals surface area contributed by atoms with Gasteiger partial charge in [-0.1, -0.05) is 0 Å². The molecule has 0 amide bonds. The van der Waals surface area contributed by atoms with Gasteiger partial charge in [0.2, 0.25) is 0 Å². The lowest BCUT2D eigenvalue weighted by Crippen LogP contribution is -2.26. The highest BCUT2D eigenvalue weighted by atomic mass is 16.6. The number of carbonyl (C=O) groups is 2. The van der Waals surface area contributed by atoms with E-state index in [2.05, 4.69) is 9.72 Å². The molecule has 0 aliphatic rings. The van der Waals surface area contributed by atoms with E-state index in [-0.39, 0.29) is 24.9 Å². The van der Waals surface area contributed by atoms with Gasteiger partial charge in [-0.25, -0.2) is 4.98 Å². The fraction of sp³-hybridized carbons (Fsp3) is 0.615. The smallest absolute Gasteiger partial charge is 0.326 e. The molecule has 0 radical (unpaired) electrons. The molecule has 6 nitrogen and oxygen atoms in total. The van der Waals surface area contributed by atoms with Crippen molar-refractivity contribution in [1.82, 2.24) is 9.55 Å². The van der Waals surface area contributed by atoms with Gasteiger partial charge in [0, 0.05) is 5.69 Å². The molecule has 0 spiro atoms. The normalized spacial score (nSPS) is 11.2. The van der Waals surface area contributed by atoms with Crippen LogP contribution >= 0.6 is 0 Å². The van der Waals surface area contributed by atoms with Gasteiger partial charge in [-0.3, -0.25) is 9.59 Å². The van der Waals surface area contributed by atoms with Crippen molar-refractivity contribution in [3.05, 3.63) is 17.7 Å². The van der Waals surface area contributed by atoms with E-state index in [9.17, 15) is 9.59 Å². The molecule has 0 saturated heterocycles. The number of hydrogen-bond donors (Lipinski definition) is 0. The van der Waals surface area contributed by atoms with E-state index in [1.807, 2.05) is 20.8 Å². The zero-order valence-corrected chi connectivity index (χ0v) is 12.0. The summed E-state index contributed by atoms with van der Waals surface area (Å²) in [5, 5.41) is 0. The number of hydrogen-bond acceptors (Lipinski definition) is 5. The highest BCUT2D eigenvalue weighted by Crippen LogP contribution is 2.11. The number of carbonyl (C=O) groups excluding carboxylic acids is 2. The molecule has 0 N–H and O–H groups in total. The zero-order valence-electron chi connectivity index (χ0n) is 12.0. The van der Waals surface area contributed by atoms with Crippen molar-refractivity contribution in [3.8, 4) is 0 Å². The summed E-state index contributed by atoms with van der Waals surface area (Å²) in [5.41, 5.74) is 0.854. The monoisotopic (exact) mass is 268 g/mol. The molecule has 1 heterocycles. The van der Waals surface area contributed by atoms with Crippen LogP contribution < -0.4 is 0 Å². The van der Waals surface area contributed by atoms with E-state index in [4.69, 9.17) is 4.74 Å². The molecule has 1 rings (SSSR count). The number of imidazole rings is 1. The Morgan fingerprint density at radius 2 is 1.95 bits per heavy atom. The summed E-state index contributed by atoms with van der Waals surface area (Å²) in [7, 11) is 1.33. The highest BCUT2D eigenvalue weighted by molar-refractivity contribution is 5.72. The second-order valence-electron chi connectivity index (χ2n) is 5.24. The zero-order chi connectivity index (χ0) is 14.6. The van der Waals surface area contributed by atoms with Gasteiger partial charge >= 0.3 is 11.9 Å². The first-order chi connectivity index (χ1) is 8.73. The van der Waals surface area contributed by atoms with Crippen LogP contribution in [0.1, 0.15) is 32.2 Å². The Hall–Kier alpha value is -1.85. The second kappa shape index (κ2) is 5.86. The molecule has 106 valence electrons. The summed E-state index contributed by atoms with van der Waals surface area (Å²) in [6.45, 7) is 7.32. The summed E-state index contributed by atoms with van der Waals surface area (Å²) in [6, 6.07) is 0. The van der Waals surface area contributed by atoms with Crippen LogP contribution in [0, 0.1) is 6.92 Å².